The second-order valence-corrected chi connectivity index (χ2v) is 10.4. The summed E-state index contributed by atoms with van der Waals surface area (Å²) in [5.41, 5.74) is 2.47. The summed E-state index contributed by atoms with van der Waals surface area (Å²) in [5.74, 6) is -0.141. The molecular weight excluding hydrogens is 590 g/mol. The largest absolute Gasteiger partial charge is 0.497 e. The first-order valence-electron chi connectivity index (χ1n) is 12.2. The van der Waals surface area contributed by atoms with E-state index in [1.807, 2.05) is 36.4 Å². The van der Waals surface area contributed by atoms with E-state index in [-0.39, 0.29) is 17.4 Å². The highest BCUT2D eigenvalue weighted by Gasteiger charge is 2.15. The molecule has 0 bridgehead atoms. The average Bonchev–Trinajstić information content (AvgIpc) is 2.98. The van der Waals surface area contributed by atoms with Gasteiger partial charge in [0.25, 0.3) is 11.8 Å². The Morgan fingerprint density at radius 2 is 1.55 bits per heavy atom. The molecule has 0 aliphatic rings. The monoisotopic (exact) mass is 615 g/mol. The first-order valence-corrected chi connectivity index (χ1v) is 14.0. The van der Waals surface area contributed by atoms with Crippen molar-refractivity contribution < 1.29 is 19.1 Å². The molecule has 0 aliphatic heterocycles. The van der Waals surface area contributed by atoms with Crippen molar-refractivity contribution in [1.82, 2.24) is 5.32 Å². The topological polar surface area (TPSA) is 96.5 Å². The maximum Gasteiger partial charge on any atom is 0.272 e. The van der Waals surface area contributed by atoms with Gasteiger partial charge in [0, 0.05) is 26.3 Å². The normalized spacial score (nSPS) is 10.9. The predicted octanol–water partition coefficient (Wildman–Crippen LogP) is 6.60. The molecule has 0 aromatic heterocycles. The first kappa shape index (κ1) is 28.7. The summed E-state index contributed by atoms with van der Waals surface area (Å²) < 4.78 is 6.03. The molecule has 9 heteroatoms. The van der Waals surface area contributed by atoms with Gasteiger partial charge in [0.05, 0.1) is 12.9 Å². The highest BCUT2D eigenvalue weighted by Crippen LogP contribution is 2.23. The number of methoxy groups -OCH3 is 1. The fourth-order valence-corrected chi connectivity index (χ4v) is 4.57. The maximum absolute atomic E-state index is 13.3. The lowest BCUT2D eigenvalue weighted by molar-refractivity contribution is -0.114. The minimum absolute atomic E-state index is 0.0908. The number of amides is 3. The van der Waals surface area contributed by atoms with Crippen LogP contribution in [-0.4, -0.2) is 30.6 Å². The van der Waals surface area contributed by atoms with Crippen molar-refractivity contribution in [2.24, 2.45) is 0 Å². The molecule has 40 heavy (non-hydrogen) atoms. The molecule has 7 nitrogen and oxygen atoms in total. The molecular formula is C31H26BrN3O4S. The number of hydrogen-bond donors (Lipinski definition) is 3. The van der Waals surface area contributed by atoms with Crippen LogP contribution in [0, 0.1) is 0 Å². The lowest BCUT2D eigenvalue weighted by Gasteiger charge is -2.12. The van der Waals surface area contributed by atoms with E-state index in [1.165, 1.54) is 11.8 Å². The maximum atomic E-state index is 13.3. The van der Waals surface area contributed by atoms with Gasteiger partial charge in [0.2, 0.25) is 5.91 Å². The number of nitrogens with one attached hydrogen (secondary N) is 3. The minimum Gasteiger partial charge on any atom is -0.497 e. The van der Waals surface area contributed by atoms with Gasteiger partial charge in [0.15, 0.2) is 0 Å². The molecule has 0 unspecified atom stereocenters. The molecule has 4 aromatic rings. The van der Waals surface area contributed by atoms with Crippen LogP contribution in [0.15, 0.2) is 118 Å². The van der Waals surface area contributed by atoms with Gasteiger partial charge >= 0.3 is 0 Å². The molecule has 0 aliphatic carbocycles. The van der Waals surface area contributed by atoms with E-state index in [2.05, 4.69) is 31.9 Å². The van der Waals surface area contributed by atoms with Crippen molar-refractivity contribution in [2.75, 3.05) is 23.5 Å². The van der Waals surface area contributed by atoms with Crippen molar-refractivity contribution in [3.63, 3.8) is 0 Å². The van der Waals surface area contributed by atoms with Crippen LogP contribution in [0.25, 0.3) is 6.08 Å². The smallest absolute Gasteiger partial charge is 0.272 e. The van der Waals surface area contributed by atoms with Crippen LogP contribution in [-0.2, 0) is 9.59 Å². The lowest BCUT2D eigenvalue weighted by Crippen LogP contribution is -2.30. The third-order valence-corrected chi connectivity index (χ3v) is 7.07. The predicted molar refractivity (Wildman–Crippen MR) is 163 cm³/mol. The van der Waals surface area contributed by atoms with Gasteiger partial charge in [0.1, 0.15) is 11.4 Å². The van der Waals surface area contributed by atoms with Crippen molar-refractivity contribution in [2.45, 2.75) is 4.90 Å². The molecule has 4 rings (SSSR count). The summed E-state index contributed by atoms with van der Waals surface area (Å²) >= 11 is 4.74. The molecule has 0 saturated heterocycles. The standard InChI is InChI=1S/C31H26BrN3O4S/c1-39-26-16-14-24(15-17-26)33-29(36)20-40-27-9-5-8-25(19-27)34-31(38)28(18-21-10-12-23(32)13-11-21)35-30(37)22-6-3-2-4-7-22/h2-19H,20H2,1H3,(H,33,36)(H,34,38)(H,35,37)/b28-18-. The summed E-state index contributed by atoms with van der Waals surface area (Å²) in [4.78, 5) is 39.4. The highest BCUT2D eigenvalue weighted by molar-refractivity contribution is 9.10. The Balaban J connectivity index is 1.43. The molecule has 0 atom stereocenters. The van der Waals surface area contributed by atoms with Crippen LogP contribution in [0.1, 0.15) is 15.9 Å². The van der Waals surface area contributed by atoms with E-state index in [1.54, 1.807) is 79.9 Å². The summed E-state index contributed by atoms with van der Waals surface area (Å²) in [6, 6.07) is 30.3. The number of benzene rings is 4. The van der Waals surface area contributed by atoms with E-state index >= 15 is 0 Å². The van der Waals surface area contributed by atoms with Gasteiger partial charge in [-0.2, -0.15) is 0 Å². The van der Waals surface area contributed by atoms with Crippen LogP contribution >= 0.6 is 27.7 Å². The third kappa shape index (κ3) is 8.59. The highest BCUT2D eigenvalue weighted by atomic mass is 79.9. The van der Waals surface area contributed by atoms with Crippen LogP contribution in [0.4, 0.5) is 11.4 Å². The lowest BCUT2D eigenvalue weighted by atomic mass is 10.1. The van der Waals surface area contributed by atoms with E-state index in [0.29, 0.717) is 22.7 Å². The van der Waals surface area contributed by atoms with Crippen molar-refractivity contribution in [1.29, 1.82) is 0 Å². The van der Waals surface area contributed by atoms with Gasteiger partial charge in [-0.1, -0.05) is 52.3 Å². The molecule has 202 valence electrons. The van der Waals surface area contributed by atoms with Crippen molar-refractivity contribution >= 4 is 62.9 Å². The van der Waals surface area contributed by atoms with Gasteiger partial charge in [-0.3, -0.25) is 14.4 Å². The number of thioether (sulfide) groups is 1. The fourth-order valence-electron chi connectivity index (χ4n) is 3.55. The quantitative estimate of drug-likeness (QED) is 0.138. The van der Waals surface area contributed by atoms with Gasteiger partial charge < -0.3 is 20.7 Å². The Kier molecular flexibility index (Phi) is 10.1. The minimum atomic E-state index is -0.480. The number of carbonyl (C=O) groups is 3. The van der Waals surface area contributed by atoms with Gasteiger partial charge in [-0.25, -0.2) is 0 Å². The zero-order valence-corrected chi connectivity index (χ0v) is 23.9. The number of anilines is 2. The Morgan fingerprint density at radius 1 is 0.825 bits per heavy atom. The SMILES string of the molecule is COc1ccc(NC(=O)CSc2cccc(NC(=O)/C(=C/c3ccc(Br)cc3)NC(=O)c3ccccc3)c2)cc1. The van der Waals surface area contributed by atoms with E-state index in [9.17, 15) is 14.4 Å². The number of halogens is 1. The molecule has 0 spiro atoms. The number of hydrogen-bond acceptors (Lipinski definition) is 5. The zero-order valence-electron chi connectivity index (χ0n) is 21.5. The Bertz CT molecular complexity index is 1510. The molecule has 3 amide bonds. The first-order chi connectivity index (χ1) is 19.4. The van der Waals surface area contributed by atoms with E-state index in [0.717, 1.165) is 14.9 Å². The number of rotatable bonds is 10. The molecule has 0 heterocycles. The summed E-state index contributed by atoms with van der Waals surface area (Å²) in [6.07, 6.45) is 1.62. The Morgan fingerprint density at radius 3 is 2.25 bits per heavy atom. The number of ether oxygens (including phenoxy) is 1. The summed E-state index contributed by atoms with van der Waals surface area (Å²) in [6.45, 7) is 0. The molecule has 4 aromatic carbocycles. The molecule has 0 saturated carbocycles. The summed E-state index contributed by atoms with van der Waals surface area (Å²) in [7, 11) is 1.58. The number of carbonyl (C=O) groups excluding carboxylic acids is 3. The van der Waals surface area contributed by atoms with Gasteiger partial charge in [-0.05, 0) is 78.4 Å². The molecule has 0 fully saturated rings. The van der Waals surface area contributed by atoms with Crippen LogP contribution in [0.5, 0.6) is 5.75 Å². The summed E-state index contributed by atoms with van der Waals surface area (Å²) in [5, 5.41) is 8.43. The average molecular weight is 617 g/mol. The van der Waals surface area contributed by atoms with Gasteiger partial charge in [-0.15, -0.1) is 11.8 Å². The van der Waals surface area contributed by atoms with Crippen molar-refractivity contribution in [3.05, 3.63) is 124 Å². The van der Waals surface area contributed by atoms with E-state index in [4.69, 9.17) is 4.74 Å². The van der Waals surface area contributed by atoms with Crippen LogP contribution in [0.2, 0.25) is 0 Å². The van der Waals surface area contributed by atoms with Crippen LogP contribution < -0.4 is 20.7 Å². The van der Waals surface area contributed by atoms with E-state index < -0.39 is 11.8 Å². The second kappa shape index (κ2) is 14.2. The second-order valence-electron chi connectivity index (χ2n) is 8.48. The zero-order chi connectivity index (χ0) is 28.3. The fraction of sp³-hybridized carbons (Fsp3) is 0.0645. The Hall–Kier alpha value is -4.34. The Labute approximate surface area is 245 Å². The van der Waals surface area contributed by atoms with Crippen molar-refractivity contribution in [3.8, 4) is 5.75 Å². The molecule has 3 N–H and O–H groups in total. The van der Waals surface area contributed by atoms with Crippen LogP contribution in [0.3, 0.4) is 0 Å². The molecule has 0 radical (unpaired) electrons. The third-order valence-electron chi connectivity index (χ3n) is 5.55.